The van der Waals surface area contributed by atoms with E-state index in [4.69, 9.17) is 16.3 Å². The number of rotatable bonds is 1. The first kappa shape index (κ1) is 8.70. The molecule has 1 heterocycles. The van der Waals surface area contributed by atoms with Crippen molar-refractivity contribution in [3.05, 3.63) is 23.2 Å². The van der Waals surface area contributed by atoms with E-state index in [0.29, 0.717) is 6.04 Å². The van der Waals surface area contributed by atoms with Crippen molar-refractivity contribution in [2.45, 2.75) is 19.4 Å². The normalized spacial score (nSPS) is 20.0. The average Bonchev–Trinajstić information content (AvgIpc) is 2.16. The molecular formula is C10H12ClNO. The molecule has 0 fully saturated rings. The highest BCUT2D eigenvalue weighted by atomic mass is 35.5. The molecule has 2 nitrogen and oxygen atoms in total. The summed E-state index contributed by atoms with van der Waals surface area (Å²) in [5.41, 5.74) is 1.01. The van der Waals surface area contributed by atoms with E-state index < -0.39 is 0 Å². The predicted octanol–water partition coefficient (Wildman–Crippen LogP) is 2.92. The number of hydrogen-bond acceptors (Lipinski definition) is 2. The Bertz CT molecular complexity index is 314. The first-order valence-electron chi connectivity index (χ1n) is 4.48. The van der Waals surface area contributed by atoms with Gasteiger partial charge < -0.3 is 10.1 Å². The minimum atomic E-state index is 0.408. The van der Waals surface area contributed by atoms with Crippen LogP contribution in [0.4, 0.5) is 5.69 Å². The Morgan fingerprint density at radius 2 is 2.46 bits per heavy atom. The molecule has 1 aliphatic heterocycles. The molecule has 1 aromatic carbocycles. The highest BCUT2D eigenvalue weighted by Gasteiger charge is 2.16. The zero-order chi connectivity index (χ0) is 9.26. The molecule has 0 bridgehead atoms. The first-order chi connectivity index (χ1) is 6.29. The minimum Gasteiger partial charge on any atom is -0.489 e. The SMILES string of the molecule is CCC1COc2ccc(Cl)cc2N1. The van der Waals surface area contributed by atoms with Crippen LogP contribution in [0, 0.1) is 0 Å². The minimum absolute atomic E-state index is 0.408. The van der Waals surface area contributed by atoms with Crippen molar-refractivity contribution < 1.29 is 4.74 Å². The van der Waals surface area contributed by atoms with E-state index in [2.05, 4.69) is 12.2 Å². The first-order valence-corrected chi connectivity index (χ1v) is 4.86. The number of nitrogens with one attached hydrogen (secondary N) is 1. The van der Waals surface area contributed by atoms with Crippen LogP contribution in [0.25, 0.3) is 0 Å². The maximum atomic E-state index is 5.87. The number of halogens is 1. The van der Waals surface area contributed by atoms with E-state index >= 15 is 0 Å². The van der Waals surface area contributed by atoms with Crippen LogP contribution in [-0.4, -0.2) is 12.6 Å². The van der Waals surface area contributed by atoms with Crippen LogP contribution in [0.3, 0.4) is 0 Å². The summed E-state index contributed by atoms with van der Waals surface area (Å²) >= 11 is 5.87. The molecule has 13 heavy (non-hydrogen) atoms. The van der Waals surface area contributed by atoms with E-state index in [0.717, 1.165) is 29.5 Å². The molecule has 2 rings (SSSR count). The van der Waals surface area contributed by atoms with Gasteiger partial charge in [0, 0.05) is 5.02 Å². The predicted molar refractivity (Wildman–Crippen MR) is 54.6 cm³/mol. The molecule has 1 atom stereocenters. The fraction of sp³-hybridized carbons (Fsp3) is 0.400. The summed E-state index contributed by atoms with van der Waals surface area (Å²) in [5.74, 6) is 0.897. The molecule has 3 heteroatoms. The second-order valence-corrected chi connectivity index (χ2v) is 3.64. The van der Waals surface area contributed by atoms with Crippen molar-refractivity contribution in [3.8, 4) is 5.75 Å². The van der Waals surface area contributed by atoms with Crippen molar-refractivity contribution >= 4 is 17.3 Å². The molecule has 1 aromatic rings. The molecule has 0 amide bonds. The van der Waals surface area contributed by atoms with Gasteiger partial charge >= 0.3 is 0 Å². The van der Waals surface area contributed by atoms with Gasteiger partial charge in [-0.15, -0.1) is 0 Å². The molecule has 0 radical (unpaired) electrons. The van der Waals surface area contributed by atoms with Gasteiger partial charge in [0.05, 0.1) is 11.7 Å². The van der Waals surface area contributed by atoms with Crippen molar-refractivity contribution in [2.75, 3.05) is 11.9 Å². The standard InChI is InChI=1S/C10H12ClNO/c1-2-8-6-13-10-4-3-7(11)5-9(10)12-8/h3-5,8,12H,2,6H2,1H3. The van der Waals surface area contributed by atoms with Crippen LogP contribution in [0.1, 0.15) is 13.3 Å². The zero-order valence-corrected chi connectivity index (χ0v) is 8.27. The maximum absolute atomic E-state index is 5.87. The van der Waals surface area contributed by atoms with Gasteiger partial charge in [-0.2, -0.15) is 0 Å². The summed E-state index contributed by atoms with van der Waals surface area (Å²) < 4.78 is 5.56. The molecule has 0 aliphatic carbocycles. The fourth-order valence-corrected chi connectivity index (χ4v) is 1.58. The molecule has 0 aromatic heterocycles. The molecule has 0 saturated carbocycles. The van der Waals surface area contributed by atoms with Crippen LogP contribution >= 0.6 is 11.6 Å². The summed E-state index contributed by atoms with van der Waals surface area (Å²) in [6.07, 6.45) is 1.06. The maximum Gasteiger partial charge on any atom is 0.142 e. The lowest BCUT2D eigenvalue weighted by atomic mass is 10.2. The topological polar surface area (TPSA) is 21.3 Å². The number of benzene rings is 1. The molecular weight excluding hydrogens is 186 g/mol. The van der Waals surface area contributed by atoms with Gasteiger partial charge in [-0.25, -0.2) is 0 Å². The Morgan fingerprint density at radius 3 is 3.23 bits per heavy atom. The van der Waals surface area contributed by atoms with Crippen LogP contribution in [0.5, 0.6) is 5.75 Å². The highest BCUT2D eigenvalue weighted by Crippen LogP contribution is 2.31. The lowest BCUT2D eigenvalue weighted by Crippen LogP contribution is -2.30. The Morgan fingerprint density at radius 1 is 1.62 bits per heavy atom. The van der Waals surface area contributed by atoms with Gasteiger partial charge in [0.1, 0.15) is 12.4 Å². The lowest BCUT2D eigenvalue weighted by molar-refractivity contribution is 0.281. The zero-order valence-electron chi connectivity index (χ0n) is 7.51. The van der Waals surface area contributed by atoms with Crippen molar-refractivity contribution in [1.29, 1.82) is 0 Å². The molecule has 1 aliphatic rings. The molecule has 0 saturated heterocycles. The van der Waals surface area contributed by atoms with Crippen LogP contribution in [0.15, 0.2) is 18.2 Å². The smallest absolute Gasteiger partial charge is 0.142 e. The lowest BCUT2D eigenvalue weighted by Gasteiger charge is -2.26. The molecule has 1 unspecified atom stereocenters. The quantitative estimate of drug-likeness (QED) is 0.748. The Balaban J connectivity index is 2.27. The summed E-state index contributed by atoms with van der Waals surface area (Å²) in [7, 11) is 0. The Kier molecular flexibility index (Phi) is 2.32. The summed E-state index contributed by atoms with van der Waals surface area (Å²) in [6, 6.07) is 6.05. The Labute approximate surface area is 82.9 Å². The van der Waals surface area contributed by atoms with Gasteiger partial charge in [-0.1, -0.05) is 18.5 Å². The third-order valence-electron chi connectivity index (χ3n) is 2.23. The van der Waals surface area contributed by atoms with Gasteiger partial charge in [-0.3, -0.25) is 0 Å². The third kappa shape index (κ3) is 1.73. The third-order valence-corrected chi connectivity index (χ3v) is 2.47. The van der Waals surface area contributed by atoms with E-state index in [-0.39, 0.29) is 0 Å². The highest BCUT2D eigenvalue weighted by molar-refractivity contribution is 6.30. The summed E-state index contributed by atoms with van der Waals surface area (Å²) in [5, 5.41) is 4.12. The average molecular weight is 198 g/mol. The molecule has 0 spiro atoms. The molecule has 70 valence electrons. The van der Waals surface area contributed by atoms with Gasteiger partial charge in [0.25, 0.3) is 0 Å². The van der Waals surface area contributed by atoms with Crippen LogP contribution in [-0.2, 0) is 0 Å². The largest absolute Gasteiger partial charge is 0.489 e. The number of anilines is 1. The van der Waals surface area contributed by atoms with Crippen LogP contribution in [0.2, 0.25) is 5.02 Å². The summed E-state index contributed by atoms with van der Waals surface area (Å²) in [6.45, 7) is 2.88. The van der Waals surface area contributed by atoms with E-state index in [1.54, 1.807) is 0 Å². The van der Waals surface area contributed by atoms with E-state index in [1.807, 2.05) is 18.2 Å². The molecule has 1 N–H and O–H groups in total. The van der Waals surface area contributed by atoms with Gasteiger partial charge in [-0.05, 0) is 24.6 Å². The summed E-state index contributed by atoms with van der Waals surface area (Å²) in [4.78, 5) is 0. The van der Waals surface area contributed by atoms with E-state index in [1.165, 1.54) is 0 Å². The van der Waals surface area contributed by atoms with Crippen molar-refractivity contribution in [2.24, 2.45) is 0 Å². The van der Waals surface area contributed by atoms with Crippen LogP contribution < -0.4 is 10.1 Å². The van der Waals surface area contributed by atoms with Gasteiger partial charge in [0.15, 0.2) is 0 Å². The second-order valence-electron chi connectivity index (χ2n) is 3.20. The van der Waals surface area contributed by atoms with Crippen molar-refractivity contribution in [3.63, 3.8) is 0 Å². The Hall–Kier alpha value is -0.890. The monoisotopic (exact) mass is 197 g/mol. The van der Waals surface area contributed by atoms with E-state index in [9.17, 15) is 0 Å². The fourth-order valence-electron chi connectivity index (χ4n) is 1.41. The number of hydrogen-bond donors (Lipinski definition) is 1. The van der Waals surface area contributed by atoms with Gasteiger partial charge in [0.2, 0.25) is 0 Å². The van der Waals surface area contributed by atoms with Crippen molar-refractivity contribution in [1.82, 2.24) is 0 Å². The number of fused-ring (bicyclic) bond motifs is 1. The number of ether oxygens (including phenoxy) is 1. The second kappa shape index (κ2) is 3.46.